The Balaban J connectivity index is 1.51. The highest BCUT2D eigenvalue weighted by Gasteiger charge is 2.30. The molecule has 0 bridgehead atoms. The first-order valence-electron chi connectivity index (χ1n) is 8.73. The third-order valence-corrected chi connectivity index (χ3v) is 5.16. The van der Waals surface area contributed by atoms with Crippen LogP contribution in [0.1, 0.15) is 48.9 Å². The van der Waals surface area contributed by atoms with Gasteiger partial charge in [-0.25, -0.2) is 9.97 Å². The molecule has 2 N–H and O–H groups in total. The van der Waals surface area contributed by atoms with Crippen LogP contribution in [0.2, 0.25) is 0 Å². The summed E-state index contributed by atoms with van der Waals surface area (Å²) < 4.78 is 5.87. The maximum atomic E-state index is 10.5. The predicted octanol–water partition coefficient (Wildman–Crippen LogP) is 3.07. The summed E-state index contributed by atoms with van der Waals surface area (Å²) in [6.07, 6.45) is 7.21. The van der Waals surface area contributed by atoms with Crippen molar-refractivity contribution >= 4 is 5.82 Å². The first-order chi connectivity index (χ1) is 11.7. The van der Waals surface area contributed by atoms with Crippen LogP contribution in [-0.4, -0.2) is 27.2 Å². The summed E-state index contributed by atoms with van der Waals surface area (Å²) in [7, 11) is 0. The van der Waals surface area contributed by atoms with Gasteiger partial charge in [0.1, 0.15) is 24.5 Å². The normalized spacial score (nSPS) is 18.2. The highest BCUT2D eigenvalue weighted by Crippen LogP contribution is 2.33. The highest BCUT2D eigenvalue weighted by molar-refractivity contribution is 5.51. The van der Waals surface area contributed by atoms with Gasteiger partial charge in [0, 0.05) is 18.5 Å². The van der Waals surface area contributed by atoms with Gasteiger partial charge in [0.25, 0.3) is 0 Å². The van der Waals surface area contributed by atoms with Crippen molar-refractivity contribution in [3.05, 3.63) is 47.4 Å². The molecule has 0 radical (unpaired) electrons. The van der Waals surface area contributed by atoms with Gasteiger partial charge in [0.05, 0.1) is 11.3 Å². The van der Waals surface area contributed by atoms with E-state index in [2.05, 4.69) is 21.4 Å². The fourth-order valence-electron chi connectivity index (χ4n) is 3.74. The fraction of sp³-hybridized carbons (Fsp3) is 0.474. The zero-order valence-corrected chi connectivity index (χ0v) is 13.8. The van der Waals surface area contributed by atoms with Crippen molar-refractivity contribution in [3.63, 3.8) is 0 Å². The van der Waals surface area contributed by atoms with Crippen LogP contribution in [0.4, 0.5) is 5.82 Å². The van der Waals surface area contributed by atoms with E-state index in [0.717, 1.165) is 73.5 Å². The molecule has 1 fully saturated rings. The molecule has 1 saturated carbocycles. The number of hydrogen-bond acceptors (Lipinski definition) is 5. The Morgan fingerprint density at radius 1 is 1.17 bits per heavy atom. The lowest BCUT2D eigenvalue weighted by Crippen LogP contribution is -2.27. The Morgan fingerprint density at radius 2 is 2.00 bits per heavy atom. The Kier molecular flexibility index (Phi) is 4.10. The van der Waals surface area contributed by atoms with E-state index in [4.69, 9.17) is 4.74 Å². The summed E-state index contributed by atoms with van der Waals surface area (Å²) >= 11 is 0. The van der Waals surface area contributed by atoms with Crippen molar-refractivity contribution in [2.75, 3.05) is 11.9 Å². The standard InChI is InChI=1S/C19H23N3O2/c23-19(7-3-4-8-19)9-10-20-18-15-11-14-5-1-2-6-17(14)24-12-16(15)21-13-22-18/h1-2,5-6,13,23H,3-4,7-12H2,(H,20,21,22). The second-order valence-electron chi connectivity index (χ2n) is 6.83. The molecule has 2 aliphatic rings. The van der Waals surface area contributed by atoms with Crippen LogP contribution in [0.15, 0.2) is 30.6 Å². The molecule has 0 amide bonds. The number of nitrogens with one attached hydrogen (secondary N) is 1. The lowest BCUT2D eigenvalue weighted by atomic mass is 9.98. The van der Waals surface area contributed by atoms with Crippen molar-refractivity contribution in [1.29, 1.82) is 0 Å². The minimum absolute atomic E-state index is 0.466. The molecule has 5 nitrogen and oxygen atoms in total. The van der Waals surface area contributed by atoms with Gasteiger partial charge < -0.3 is 15.2 Å². The lowest BCUT2D eigenvalue weighted by molar-refractivity contribution is 0.0424. The Labute approximate surface area is 142 Å². The number of nitrogens with zero attached hydrogens (tertiary/aromatic N) is 2. The third-order valence-electron chi connectivity index (χ3n) is 5.16. The number of anilines is 1. The molecule has 0 spiro atoms. The van der Waals surface area contributed by atoms with Gasteiger partial charge in [-0.3, -0.25) is 0 Å². The van der Waals surface area contributed by atoms with Gasteiger partial charge in [0.15, 0.2) is 0 Å². The number of hydrogen-bond donors (Lipinski definition) is 2. The molecule has 0 unspecified atom stereocenters. The molecule has 0 atom stereocenters. The summed E-state index contributed by atoms with van der Waals surface area (Å²) in [5, 5.41) is 13.9. The number of ether oxygens (including phenoxy) is 1. The molecule has 126 valence electrons. The molecule has 2 heterocycles. The Bertz CT molecular complexity index is 726. The van der Waals surface area contributed by atoms with E-state index in [1.807, 2.05) is 18.2 Å². The van der Waals surface area contributed by atoms with Gasteiger partial charge in [-0.1, -0.05) is 31.0 Å². The van der Waals surface area contributed by atoms with E-state index in [9.17, 15) is 5.11 Å². The Hall–Kier alpha value is -2.14. The van der Waals surface area contributed by atoms with Crippen molar-refractivity contribution < 1.29 is 9.84 Å². The zero-order valence-electron chi connectivity index (χ0n) is 13.8. The lowest BCUT2D eigenvalue weighted by Gasteiger charge is -2.22. The van der Waals surface area contributed by atoms with Gasteiger partial charge in [0.2, 0.25) is 0 Å². The first kappa shape index (κ1) is 15.4. The molecule has 1 aromatic heterocycles. The second-order valence-corrected chi connectivity index (χ2v) is 6.83. The smallest absolute Gasteiger partial charge is 0.133 e. The van der Waals surface area contributed by atoms with Crippen LogP contribution < -0.4 is 10.1 Å². The highest BCUT2D eigenvalue weighted by atomic mass is 16.5. The van der Waals surface area contributed by atoms with E-state index < -0.39 is 5.60 Å². The monoisotopic (exact) mass is 325 g/mol. The topological polar surface area (TPSA) is 67.3 Å². The molecule has 5 heteroatoms. The number of fused-ring (bicyclic) bond motifs is 2. The molecular weight excluding hydrogens is 302 g/mol. The maximum absolute atomic E-state index is 10.5. The molecule has 1 aromatic carbocycles. The van der Waals surface area contributed by atoms with E-state index in [1.54, 1.807) is 6.33 Å². The van der Waals surface area contributed by atoms with Crippen molar-refractivity contribution in [2.45, 2.75) is 50.7 Å². The van der Waals surface area contributed by atoms with Crippen LogP contribution >= 0.6 is 0 Å². The van der Waals surface area contributed by atoms with Crippen molar-refractivity contribution in [1.82, 2.24) is 9.97 Å². The second kappa shape index (κ2) is 6.40. The van der Waals surface area contributed by atoms with Gasteiger partial charge in [-0.15, -0.1) is 0 Å². The molecule has 4 rings (SSSR count). The average molecular weight is 325 g/mol. The summed E-state index contributed by atoms with van der Waals surface area (Å²) in [6, 6.07) is 8.10. The SMILES string of the molecule is OC1(CCNc2ncnc3c2Cc2ccccc2OC3)CCCC1. The largest absolute Gasteiger partial charge is 0.487 e. The van der Waals surface area contributed by atoms with E-state index in [0.29, 0.717) is 6.61 Å². The van der Waals surface area contributed by atoms with E-state index in [-0.39, 0.29) is 0 Å². The predicted molar refractivity (Wildman–Crippen MR) is 92.1 cm³/mol. The molecular formula is C19H23N3O2. The summed E-state index contributed by atoms with van der Waals surface area (Å²) in [6.45, 7) is 1.19. The fourth-order valence-corrected chi connectivity index (χ4v) is 3.74. The molecule has 24 heavy (non-hydrogen) atoms. The van der Waals surface area contributed by atoms with Gasteiger partial charge in [-0.05, 0) is 30.9 Å². The van der Waals surface area contributed by atoms with Gasteiger partial charge >= 0.3 is 0 Å². The third kappa shape index (κ3) is 3.08. The maximum Gasteiger partial charge on any atom is 0.133 e. The van der Waals surface area contributed by atoms with Crippen LogP contribution in [0.25, 0.3) is 0 Å². The summed E-state index contributed by atoms with van der Waals surface area (Å²) in [5.74, 6) is 1.78. The Morgan fingerprint density at radius 3 is 2.88 bits per heavy atom. The van der Waals surface area contributed by atoms with Crippen LogP contribution in [0, 0.1) is 0 Å². The quantitative estimate of drug-likeness (QED) is 0.904. The molecule has 2 aromatic rings. The number of rotatable bonds is 4. The van der Waals surface area contributed by atoms with Gasteiger partial charge in [-0.2, -0.15) is 0 Å². The summed E-state index contributed by atoms with van der Waals surface area (Å²) in [4.78, 5) is 8.83. The molecule has 0 saturated heterocycles. The minimum atomic E-state index is -0.493. The number of aromatic nitrogens is 2. The van der Waals surface area contributed by atoms with Crippen molar-refractivity contribution in [2.24, 2.45) is 0 Å². The number of aliphatic hydroxyl groups is 1. The average Bonchev–Trinajstić information content (AvgIpc) is 2.92. The van der Waals surface area contributed by atoms with E-state index in [1.165, 1.54) is 0 Å². The van der Waals surface area contributed by atoms with Crippen LogP contribution in [0.3, 0.4) is 0 Å². The molecule has 1 aliphatic heterocycles. The van der Waals surface area contributed by atoms with E-state index >= 15 is 0 Å². The number of para-hydroxylation sites is 1. The zero-order chi connectivity index (χ0) is 16.4. The van der Waals surface area contributed by atoms with Crippen LogP contribution in [0.5, 0.6) is 5.75 Å². The molecule has 1 aliphatic carbocycles. The number of benzene rings is 1. The van der Waals surface area contributed by atoms with Crippen molar-refractivity contribution in [3.8, 4) is 5.75 Å². The van der Waals surface area contributed by atoms with Crippen LogP contribution in [-0.2, 0) is 13.0 Å². The minimum Gasteiger partial charge on any atom is -0.487 e. The summed E-state index contributed by atoms with van der Waals surface area (Å²) in [5.41, 5.74) is 2.69. The first-order valence-corrected chi connectivity index (χ1v) is 8.73.